The van der Waals surface area contributed by atoms with E-state index in [9.17, 15) is 19.2 Å². The summed E-state index contributed by atoms with van der Waals surface area (Å²) >= 11 is 13.1. The fourth-order valence-corrected chi connectivity index (χ4v) is 5.12. The Labute approximate surface area is 240 Å². The number of amides is 3. The lowest BCUT2D eigenvalue weighted by Gasteiger charge is -2.30. The minimum absolute atomic E-state index is 0.0160. The quantitative estimate of drug-likeness (QED) is 0.370. The summed E-state index contributed by atoms with van der Waals surface area (Å²) in [7, 11) is 1.16. The summed E-state index contributed by atoms with van der Waals surface area (Å²) in [6, 6.07) is 5.70. The molecule has 11 nitrogen and oxygen atoms in total. The number of fused-ring (bicyclic) bond motifs is 2. The smallest absolute Gasteiger partial charge is 0.407 e. The van der Waals surface area contributed by atoms with Crippen molar-refractivity contribution in [2.24, 2.45) is 0 Å². The lowest BCUT2D eigenvalue weighted by Crippen LogP contribution is -2.49. The number of H-pyrrole nitrogens is 1. The van der Waals surface area contributed by atoms with Gasteiger partial charge in [0, 0.05) is 24.0 Å². The van der Waals surface area contributed by atoms with Crippen molar-refractivity contribution in [1.29, 1.82) is 0 Å². The van der Waals surface area contributed by atoms with Gasteiger partial charge in [0.25, 0.3) is 11.8 Å². The number of rotatable bonds is 6. The zero-order valence-electron chi connectivity index (χ0n) is 22.4. The van der Waals surface area contributed by atoms with Crippen LogP contribution in [0.3, 0.4) is 0 Å². The molecule has 1 atom stereocenters. The van der Waals surface area contributed by atoms with E-state index < -0.39 is 29.6 Å². The Kier molecular flexibility index (Phi) is 8.55. The second-order valence-corrected chi connectivity index (χ2v) is 11.1. The average Bonchev–Trinajstić information content (AvgIpc) is 3.36. The minimum Gasteiger partial charge on any atom is -0.467 e. The molecule has 3 N–H and O–H groups in total. The van der Waals surface area contributed by atoms with Crippen molar-refractivity contribution >= 4 is 58.0 Å². The molecule has 0 saturated heterocycles. The molecule has 2 aromatic carbocycles. The van der Waals surface area contributed by atoms with Crippen LogP contribution in [0.1, 0.15) is 52.6 Å². The molecule has 212 valence electrons. The molecule has 0 spiro atoms. The first-order valence-corrected chi connectivity index (χ1v) is 13.2. The van der Waals surface area contributed by atoms with Gasteiger partial charge in [0.05, 0.1) is 41.0 Å². The Morgan fingerprint density at radius 2 is 1.93 bits per heavy atom. The Morgan fingerprint density at radius 3 is 2.62 bits per heavy atom. The first-order valence-electron chi connectivity index (χ1n) is 12.5. The van der Waals surface area contributed by atoms with Gasteiger partial charge in [0.2, 0.25) is 0 Å². The van der Waals surface area contributed by atoms with Crippen molar-refractivity contribution in [2.75, 3.05) is 20.2 Å². The Balaban J connectivity index is 1.49. The van der Waals surface area contributed by atoms with Crippen LogP contribution < -0.4 is 10.6 Å². The number of ether oxygens (including phenoxy) is 2. The summed E-state index contributed by atoms with van der Waals surface area (Å²) in [5.74, 6) is -1.66. The van der Waals surface area contributed by atoms with Gasteiger partial charge in [0.1, 0.15) is 11.6 Å². The summed E-state index contributed by atoms with van der Waals surface area (Å²) in [5.41, 5.74) is 1.92. The van der Waals surface area contributed by atoms with Crippen molar-refractivity contribution in [3.8, 4) is 0 Å². The number of halogens is 2. The predicted octanol–water partition coefficient (Wildman–Crippen LogP) is 3.86. The summed E-state index contributed by atoms with van der Waals surface area (Å²) < 4.78 is 9.94. The minimum atomic E-state index is -1.23. The molecule has 40 heavy (non-hydrogen) atoms. The van der Waals surface area contributed by atoms with Crippen molar-refractivity contribution in [1.82, 2.24) is 25.7 Å². The fraction of sp³-hybridized carbons (Fsp3) is 0.370. The van der Waals surface area contributed by atoms with Gasteiger partial charge in [-0.3, -0.25) is 14.7 Å². The second kappa shape index (κ2) is 11.7. The van der Waals surface area contributed by atoms with E-state index in [-0.39, 0.29) is 34.6 Å². The van der Waals surface area contributed by atoms with Gasteiger partial charge in [0.15, 0.2) is 0 Å². The third kappa shape index (κ3) is 6.48. The topological polar surface area (TPSA) is 143 Å². The van der Waals surface area contributed by atoms with Gasteiger partial charge >= 0.3 is 12.1 Å². The number of aromatic amines is 1. The van der Waals surface area contributed by atoms with Crippen LogP contribution in [0.4, 0.5) is 4.79 Å². The van der Waals surface area contributed by atoms with Gasteiger partial charge < -0.3 is 25.0 Å². The number of carbonyl (C=O) groups excluding carboxylic acids is 4. The van der Waals surface area contributed by atoms with Gasteiger partial charge in [-0.25, -0.2) is 9.59 Å². The zero-order chi connectivity index (χ0) is 29.2. The number of alkyl carbamates (subject to hydrolysis) is 1. The summed E-state index contributed by atoms with van der Waals surface area (Å²) in [4.78, 5) is 52.4. The van der Waals surface area contributed by atoms with Gasteiger partial charge in [-0.05, 0) is 56.5 Å². The molecule has 4 rings (SSSR count). The third-order valence-corrected chi connectivity index (χ3v) is 6.96. The maximum absolute atomic E-state index is 13.2. The van der Waals surface area contributed by atoms with Crippen LogP contribution >= 0.6 is 23.2 Å². The number of aromatic nitrogens is 2. The summed E-state index contributed by atoms with van der Waals surface area (Å²) in [5, 5.41) is 12.9. The first kappa shape index (κ1) is 29.2. The summed E-state index contributed by atoms with van der Waals surface area (Å²) in [6.07, 6.45) is 1.32. The monoisotopic (exact) mass is 589 g/mol. The predicted molar refractivity (Wildman–Crippen MR) is 149 cm³/mol. The summed E-state index contributed by atoms with van der Waals surface area (Å²) in [6.45, 7) is 5.43. The molecule has 0 unspecified atom stereocenters. The molecule has 1 aromatic heterocycles. The maximum atomic E-state index is 13.2. The maximum Gasteiger partial charge on any atom is 0.407 e. The Hall–Kier alpha value is -3.83. The number of benzene rings is 2. The van der Waals surface area contributed by atoms with Crippen LogP contribution in [0.25, 0.3) is 10.9 Å². The van der Waals surface area contributed by atoms with Crippen molar-refractivity contribution in [3.63, 3.8) is 0 Å². The zero-order valence-corrected chi connectivity index (χ0v) is 23.9. The van der Waals surface area contributed by atoms with Crippen molar-refractivity contribution < 1.29 is 28.7 Å². The number of hydrogen-bond donors (Lipinski definition) is 3. The number of nitrogens with one attached hydrogen (secondary N) is 3. The fourth-order valence-electron chi connectivity index (χ4n) is 4.35. The molecule has 2 heterocycles. The first-order chi connectivity index (χ1) is 18.9. The van der Waals surface area contributed by atoms with Gasteiger partial charge in [-0.2, -0.15) is 5.10 Å². The highest BCUT2D eigenvalue weighted by molar-refractivity contribution is 6.40. The molecule has 13 heteroatoms. The number of hydrogen-bond acceptors (Lipinski definition) is 7. The van der Waals surface area contributed by atoms with E-state index >= 15 is 0 Å². The second-order valence-electron chi connectivity index (χ2n) is 10.3. The van der Waals surface area contributed by atoms with E-state index in [1.54, 1.807) is 50.1 Å². The molecule has 3 amide bonds. The molecule has 0 radical (unpaired) electrons. The number of carbonyl (C=O) groups is 4. The normalized spacial score (nSPS) is 13.8. The van der Waals surface area contributed by atoms with Crippen LogP contribution in [0.15, 0.2) is 30.5 Å². The Morgan fingerprint density at radius 1 is 1.18 bits per heavy atom. The number of nitrogens with zero attached hydrogens (tertiary/aromatic N) is 2. The molecule has 0 saturated carbocycles. The molecule has 0 aliphatic carbocycles. The highest BCUT2D eigenvalue weighted by atomic mass is 35.5. The highest BCUT2D eigenvalue weighted by Gasteiger charge is 2.30. The average molecular weight is 590 g/mol. The van der Waals surface area contributed by atoms with E-state index in [4.69, 9.17) is 32.7 Å². The largest absolute Gasteiger partial charge is 0.467 e. The lowest BCUT2D eigenvalue weighted by atomic mass is 9.96. The van der Waals surface area contributed by atoms with Gasteiger partial charge in [-0.1, -0.05) is 29.3 Å². The SMILES string of the molecule is COC(=O)[C@H](CNC(=O)OC(C)(C)C)NC(=O)c1c(Cl)cc2c(c1Cl)CCN(C(=O)c1ccc3cn[nH]c3c1)C2. The van der Waals surface area contributed by atoms with E-state index in [0.717, 1.165) is 18.0 Å². The molecule has 3 aromatic rings. The molecular formula is C27H29Cl2N5O6. The van der Waals surface area contributed by atoms with E-state index in [1.807, 2.05) is 6.07 Å². The highest BCUT2D eigenvalue weighted by Crippen LogP contribution is 2.35. The standard InChI is InChI=1S/C27H29Cl2N5O6/c1-27(2,3)40-26(38)30-12-20(25(37)39-4)32-23(35)21-18(28)9-16-13-34(8-7-17(16)22(21)29)24(36)14-5-6-15-11-31-33-19(15)10-14/h5-6,9-11,20H,7-8,12-13H2,1-4H3,(H,30,38)(H,31,33)(H,32,35)/t20-/m0/s1. The van der Waals surface area contributed by atoms with Crippen LogP contribution in [-0.2, 0) is 27.2 Å². The van der Waals surface area contributed by atoms with Crippen molar-refractivity contribution in [3.05, 3.63) is 62.8 Å². The van der Waals surface area contributed by atoms with Gasteiger partial charge in [-0.15, -0.1) is 0 Å². The molecule has 1 aliphatic rings. The van der Waals surface area contributed by atoms with Crippen molar-refractivity contribution in [2.45, 2.75) is 45.4 Å². The van der Waals surface area contributed by atoms with E-state index in [1.165, 1.54) is 0 Å². The van der Waals surface area contributed by atoms with Crippen LogP contribution in [0.5, 0.6) is 0 Å². The van der Waals surface area contributed by atoms with Crippen LogP contribution in [0, 0.1) is 0 Å². The molecule has 0 bridgehead atoms. The van der Waals surface area contributed by atoms with Crippen LogP contribution in [0.2, 0.25) is 10.0 Å². The molecular weight excluding hydrogens is 561 g/mol. The lowest BCUT2D eigenvalue weighted by molar-refractivity contribution is -0.142. The number of methoxy groups -OCH3 is 1. The van der Waals surface area contributed by atoms with E-state index in [2.05, 4.69) is 20.8 Å². The Bertz CT molecular complexity index is 1480. The third-order valence-electron chi connectivity index (χ3n) is 6.25. The molecule has 1 aliphatic heterocycles. The number of esters is 1. The molecule has 0 fully saturated rings. The van der Waals surface area contributed by atoms with E-state index in [0.29, 0.717) is 29.7 Å². The van der Waals surface area contributed by atoms with Crippen LogP contribution in [-0.4, -0.2) is 70.8 Å².